The number of hydrogen-bond donors (Lipinski definition) is 10. The molecule has 1 aromatic carbocycles. The molecule has 0 spiro atoms. The molecule has 0 fully saturated rings. The first-order valence-corrected chi connectivity index (χ1v) is 22.3. The van der Waals surface area contributed by atoms with Gasteiger partial charge in [-0.25, -0.2) is 13.7 Å². The fraction of sp³-hybridized carbons (Fsp3) is 0.812. The molecule has 0 aliphatic rings. The van der Waals surface area contributed by atoms with Crippen LogP contribution < -0.4 is 9.47 Å². The first-order valence-electron chi connectivity index (χ1n) is 17.6. The minimum absolute atomic E-state index is 0.161. The Kier molecular flexibility index (Phi) is 34.1. The highest BCUT2D eigenvalue weighted by atomic mass is 31.2. The monoisotopic (exact) mass is 832 g/mol. The molecule has 318 valence electrons. The van der Waals surface area contributed by atoms with Crippen molar-refractivity contribution in [2.45, 2.75) is 109 Å². The van der Waals surface area contributed by atoms with Crippen LogP contribution in [-0.2, 0) is 23.2 Å². The molecule has 0 amide bonds. The van der Waals surface area contributed by atoms with E-state index in [2.05, 4.69) is 28.1 Å². The van der Waals surface area contributed by atoms with Gasteiger partial charge in [0.2, 0.25) is 0 Å². The van der Waals surface area contributed by atoms with Gasteiger partial charge in [0.15, 0.2) is 11.5 Å². The first kappa shape index (κ1) is 56.3. The maximum Gasteiger partial charge on any atom is 0.466 e. The smallest absolute Gasteiger partial charge is 0.466 e. The Bertz CT molecular complexity index is 1080. The summed E-state index contributed by atoms with van der Waals surface area (Å²) in [6.07, 6.45) is 18.2. The van der Waals surface area contributed by atoms with Crippen LogP contribution in [0.4, 0.5) is 0 Å². The van der Waals surface area contributed by atoms with Crippen LogP contribution in [0.25, 0.3) is 0 Å². The number of para-hydroxylation sites is 1. The van der Waals surface area contributed by atoms with Gasteiger partial charge in [-0.2, -0.15) is 0 Å². The molecule has 0 aliphatic carbocycles. The molecule has 0 radical (unpaired) electrons. The summed E-state index contributed by atoms with van der Waals surface area (Å²) in [5.41, 5.74) is 0.737. The van der Waals surface area contributed by atoms with Crippen molar-refractivity contribution < 1.29 is 86.3 Å². The maximum atomic E-state index is 10.7. The fourth-order valence-electron chi connectivity index (χ4n) is 4.72. The highest BCUT2D eigenvalue weighted by Crippen LogP contribution is 2.35. The molecule has 2 unspecified atom stereocenters. The van der Waals surface area contributed by atoms with Crippen molar-refractivity contribution in [3.05, 3.63) is 23.8 Å². The molecular formula is C32H69NO17P3+. The summed E-state index contributed by atoms with van der Waals surface area (Å²) in [5, 5.41) is 10.7. The quantitative estimate of drug-likeness (QED) is 0.0367. The highest BCUT2D eigenvalue weighted by Gasteiger charge is 2.23. The van der Waals surface area contributed by atoms with E-state index in [1.54, 1.807) is 14.2 Å². The summed E-state index contributed by atoms with van der Waals surface area (Å²) in [4.78, 5) is 64.7. The molecule has 21 heteroatoms. The van der Waals surface area contributed by atoms with Gasteiger partial charge in [-0.1, -0.05) is 103 Å². The van der Waals surface area contributed by atoms with Crippen molar-refractivity contribution in [1.29, 1.82) is 0 Å². The van der Waals surface area contributed by atoms with E-state index in [0.29, 0.717) is 35.7 Å². The van der Waals surface area contributed by atoms with Gasteiger partial charge in [0.05, 0.1) is 34.9 Å². The molecule has 0 saturated carbocycles. The number of methoxy groups -OCH3 is 2. The normalized spacial score (nSPS) is 13.0. The van der Waals surface area contributed by atoms with Crippen molar-refractivity contribution in [3.63, 3.8) is 0 Å². The van der Waals surface area contributed by atoms with Crippen molar-refractivity contribution >= 4 is 23.5 Å². The Morgan fingerprint density at radius 2 is 1.04 bits per heavy atom. The number of likely N-dealkylation sites (N-methyl/N-ethyl adjacent to an activating group) is 1. The lowest BCUT2D eigenvalue weighted by molar-refractivity contribution is -0.874. The third-order valence-corrected chi connectivity index (χ3v) is 7.00. The van der Waals surface area contributed by atoms with Crippen LogP contribution in [0.15, 0.2) is 18.2 Å². The highest BCUT2D eigenvalue weighted by molar-refractivity contribution is 7.45. The van der Waals surface area contributed by atoms with E-state index in [1.165, 1.54) is 83.5 Å². The number of phosphoric acid groups is 3. The molecule has 0 bridgehead atoms. The van der Waals surface area contributed by atoms with Gasteiger partial charge in [0.1, 0.15) is 25.4 Å². The van der Waals surface area contributed by atoms with Gasteiger partial charge in [-0.05, 0) is 12.5 Å². The average Bonchev–Trinajstić information content (AvgIpc) is 2.98. The van der Waals surface area contributed by atoms with Gasteiger partial charge in [-0.15, -0.1) is 0 Å². The third-order valence-electron chi connectivity index (χ3n) is 7.00. The van der Waals surface area contributed by atoms with E-state index < -0.39 is 29.6 Å². The second-order valence-electron chi connectivity index (χ2n) is 13.2. The lowest BCUT2D eigenvalue weighted by Gasteiger charge is -2.28. The predicted octanol–water partition coefficient (Wildman–Crippen LogP) is 4.54. The summed E-state index contributed by atoms with van der Waals surface area (Å²) < 4.78 is 50.4. The molecule has 53 heavy (non-hydrogen) atoms. The molecule has 2 atom stereocenters. The topological polar surface area (TPSA) is 290 Å². The molecular weight excluding hydrogens is 763 g/mol. The Labute approximate surface area is 315 Å². The summed E-state index contributed by atoms with van der Waals surface area (Å²) in [5.74, 6) is 1.19. The maximum absolute atomic E-state index is 10.7. The molecule has 18 nitrogen and oxygen atoms in total. The summed E-state index contributed by atoms with van der Waals surface area (Å²) in [7, 11) is -4.46. The van der Waals surface area contributed by atoms with E-state index in [4.69, 9.17) is 76.7 Å². The number of rotatable bonds is 25. The van der Waals surface area contributed by atoms with Crippen molar-refractivity contribution in [2.75, 3.05) is 61.7 Å². The predicted molar refractivity (Wildman–Crippen MR) is 201 cm³/mol. The summed E-state index contributed by atoms with van der Waals surface area (Å²) >= 11 is 0. The second kappa shape index (κ2) is 32.1. The molecule has 0 aliphatic heterocycles. The van der Waals surface area contributed by atoms with E-state index in [0.717, 1.165) is 18.6 Å². The number of aliphatic hydroxyl groups excluding tert-OH is 1. The van der Waals surface area contributed by atoms with Gasteiger partial charge < -0.3 is 72.6 Å². The van der Waals surface area contributed by atoms with Crippen molar-refractivity contribution in [3.8, 4) is 11.5 Å². The Hall–Kier alpha value is -1.01. The first-order chi connectivity index (χ1) is 24.3. The Morgan fingerprint density at radius 3 is 1.40 bits per heavy atom. The number of quaternary nitrogens is 1. The summed E-state index contributed by atoms with van der Waals surface area (Å²) in [6.45, 7) is 4.48. The number of nitrogens with zero attached hydrogens (tertiary/aromatic N) is 1. The van der Waals surface area contributed by atoms with Gasteiger partial charge >= 0.3 is 23.5 Å². The van der Waals surface area contributed by atoms with E-state index in [1.807, 2.05) is 18.2 Å². The number of aliphatic hydroxyl groups is 1. The van der Waals surface area contributed by atoms with Gasteiger partial charge in [-0.3, -0.25) is 0 Å². The van der Waals surface area contributed by atoms with E-state index in [9.17, 15) is 5.11 Å². The number of unbranched alkanes of at least 4 members (excludes halogenated alkanes) is 13. The lowest BCUT2D eigenvalue weighted by Crippen LogP contribution is -2.38. The van der Waals surface area contributed by atoms with Crippen LogP contribution in [0.3, 0.4) is 0 Å². The van der Waals surface area contributed by atoms with Crippen LogP contribution in [0.5, 0.6) is 11.5 Å². The van der Waals surface area contributed by atoms with E-state index >= 15 is 0 Å². The SMILES string of the molecule is CCCCCCCCCCCCCCCCOCC(COc1cccc(C(O)C[N+](C)(C)C)c1OC)OC.O=P(O)(O)O.O=P(O)(O)O.O=P(O)(O)O. The molecule has 1 rings (SSSR count). The number of hydrogen-bond acceptors (Lipinski definition) is 8. The van der Waals surface area contributed by atoms with Crippen LogP contribution in [0.1, 0.15) is 108 Å². The minimum atomic E-state index is -4.64. The van der Waals surface area contributed by atoms with Crippen LogP contribution in [0, 0.1) is 0 Å². The van der Waals surface area contributed by atoms with E-state index in [-0.39, 0.29) is 6.10 Å². The van der Waals surface area contributed by atoms with Gasteiger partial charge in [0, 0.05) is 19.3 Å². The molecule has 0 saturated heterocycles. The fourth-order valence-corrected chi connectivity index (χ4v) is 4.72. The largest absolute Gasteiger partial charge is 0.492 e. The Balaban J connectivity index is -0.00000139. The number of ether oxygens (including phenoxy) is 4. The van der Waals surface area contributed by atoms with Gasteiger partial charge in [0.25, 0.3) is 0 Å². The summed E-state index contributed by atoms with van der Waals surface area (Å²) in [6, 6.07) is 5.64. The van der Waals surface area contributed by atoms with Crippen molar-refractivity contribution in [1.82, 2.24) is 0 Å². The molecule has 1 aromatic rings. The lowest BCUT2D eigenvalue weighted by atomic mass is 10.0. The minimum Gasteiger partial charge on any atom is -0.492 e. The van der Waals surface area contributed by atoms with Crippen LogP contribution in [-0.4, -0.2) is 121 Å². The zero-order valence-electron chi connectivity index (χ0n) is 32.2. The molecule has 0 aromatic heterocycles. The second-order valence-corrected chi connectivity index (χ2v) is 16.3. The molecule has 10 N–H and O–H groups in total. The van der Waals surface area contributed by atoms with Crippen molar-refractivity contribution in [2.24, 2.45) is 0 Å². The zero-order valence-corrected chi connectivity index (χ0v) is 34.9. The standard InChI is InChI=1S/C32H60NO5.3H3O4P/c1-7-8-9-10-11-12-13-14-15-16-17-18-19-20-24-37-26-28(35-5)27-38-31-23-21-22-29(32(31)36-6)30(34)25-33(2,3)4;3*1-5(2,3)4/h21-23,28,30,34H,7-20,24-27H2,1-6H3;3*(H3,1,2,3,4)/q+1;;;. The van der Waals surface area contributed by atoms with Crippen LogP contribution in [0.2, 0.25) is 0 Å². The average molecular weight is 833 g/mol. The molecule has 0 heterocycles. The number of benzene rings is 1. The third kappa shape index (κ3) is 51.0. The zero-order chi connectivity index (χ0) is 41.6. The van der Waals surface area contributed by atoms with Crippen LogP contribution >= 0.6 is 23.5 Å². The Morgan fingerprint density at radius 1 is 0.642 bits per heavy atom.